The Bertz CT molecular complexity index is 666. The van der Waals surface area contributed by atoms with E-state index >= 15 is 0 Å². The largest absolute Gasteiger partial charge is 0.342 e. The highest BCUT2D eigenvalue weighted by Gasteiger charge is 2.36. The number of carbonyl (C=O) groups excluding carboxylic acids is 1. The quantitative estimate of drug-likeness (QED) is 0.809. The Labute approximate surface area is 130 Å². The number of rotatable bonds is 2. The van der Waals surface area contributed by atoms with Gasteiger partial charge in [0.1, 0.15) is 6.33 Å². The minimum absolute atomic E-state index is 0.0129. The molecule has 3 rings (SSSR count). The summed E-state index contributed by atoms with van der Waals surface area (Å²) in [4.78, 5) is 22.7. The molecule has 1 unspecified atom stereocenters. The van der Waals surface area contributed by atoms with Gasteiger partial charge in [-0.3, -0.25) is 4.79 Å². The summed E-state index contributed by atoms with van der Waals surface area (Å²) in [6.07, 6.45) is 5.63. The Morgan fingerprint density at radius 1 is 1.27 bits per heavy atom. The van der Waals surface area contributed by atoms with E-state index in [2.05, 4.69) is 9.97 Å². The summed E-state index contributed by atoms with van der Waals surface area (Å²) in [6.45, 7) is 3.38. The summed E-state index contributed by atoms with van der Waals surface area (Å²) in [5.74, 6) is 0.220. The van der Waals surface area contributed by atoms with Gasteiger partial charge in [0.2, 0.25) is 5.91 Å². The van der Waals surface area contributed by atoms with Crippen LogP contribution in [0.15, 0.2) is 12.5 Å². The number of hydrogen-bond acceptors (Lipinski definition) is 5. The highest BCUT2D eigenvalue weighted by molar-refractivity contribution is 7.91. The third-order valence-electron chi connectivity index (χ3n) is 4.71. The van der Waals surface area contributed by atoms with Crippen molar-refractivity contribution >= 4 is 15.7 Å². The summed E-state index contributed by atoms with van der Waals surface area (Å²) < 4.78 is 23.0. The van der Waals surface area contributed by atoms with Crippen LogP contribution in [-0.4, -0.2) is 53.8 Å². The van der Waals surface area contributed by atoms with Gasteiger partial charge in [0, 0.05) is 30.9 Å². The molecule has 0 radical (unpaired) electrons. The van der Waals surface area contributed by atoms with Gasteiger partial charge in [-0.15, -0.1) is 0 Å². The Hall–Kier alpha value is -1.50. The zero-order chi connectivity index (χ0) is 15.7. The normalized spacial score (nSPS) is 25.3. The second-order valence-corrected chi connectivity index (χ2v) is 8.52. The van der Waals surface area contributed by atoms with Crippen molar-refractivity contribution in [3.8, 4) is 0 Å². The Balaban J connectivity index is 1.60. The molecule has 2 aliphatic rings. The summed E-state index contributed by atoms with van der Waals surface area (Å²) in [7, 11) is -3.00. The molecule has 22 heavy (non-hydrogen) atoms. The molecule has 7 heteroatoms. The second-order valence-electron chi connectivity index (χ2n) is 6.29. The van der Waals surface area contributed by atoms with Gasteiger partial charge in [0.05, 0.1) is 17.4 Å². The van der Waals surface area contributed by atoms with Crippen molar-refractivity contribution in [1.29, 1.82) is 0 Å². The van der Waals surface area contributed by atoms with Crippen LogP contribution in [0.1, 0.15) is 36.4 Å². The van der Waals surface area contributed by atoms with Crippen LogP contribution in [0.5, 0.6) is 0 Å². The highest BCUT2D eigenvalue weighted by Crippen LogP contribution is 2.30. The smallest absolute Gasteiger partial charge is 0.226 e. The van der Waals surface area contributed by atoms with Crippen LogP contribution in [-0.2, 0) is 14.6 Å². The summed E-state index contributed by atoms with van der Waals surface area (Å²) in [5, 5.41) is 0. The number of aryl methyl sites for hydroxylation is 1. The molecule has 3 heterocycles. The zero-order valence-electron chi connectivity index (χ0n) is 12.7. The van der Waals surface area contributed by atoms with Gasteiger partial charge < -0.3 is 4.90 Å². The standard InChI is InChI=1S/C15H21N3O3S/c1-11-8-16-10-17-14(11)12-2-5-18(6-3-12)15(19)13-4-7-22(20,21)9-13/h8,10,12-13H,2-7,9H2,1H3. The van der Waals surface area contributed by atoms with Gasteiger partial charge in [-0.1, -0.05) is 0 Å². The minimum atomic E-state index is -3.00. The molecule has 2 fully saturated rings. The lowest BCUT2D eigenvalue weighted by Crippen LogP contribution is -2.41. The third-order valence-corrected chi connectivity index (χ3v) is 6.48. The fourth-order valence-electron chi connectivity index (χ4n) is 3.46. The topological polar surface area (TPSA) is 80.2 Å². The molecule has 1 aromatic rings. The van der Waals surface area contributed by atoms with Gasteiger partial charge >= 0.3 is 0 Å². The molecule has 1 aromatic heterocycles. The van der Waals surface area contributed by atoms with Crippen LogP contribution >= 0.6 is 0 Å². The first kappa shape index (κ1) is 15.4. The Kier molecular flexibility index (Phi) is 4.16. The van der Waals surface area contributed by atoms with Crippen molar-refractivity contribution in [2.45, 2.75) is 32.1 Å². The van der Waals surface area contributed by atoms with Gasteiger partial charge in [-0.25, -0.2) is 18.4 Å². The maximum atomic E-state index is 12.4. The highest BCUT2D eigenvalue weighted by atomic mass is 32.2. The molecular formula is C15H21N3O3S. The van der Waals surface area contributed by atoms with E-state index in [1.807, 2.05) is 18.0 Å². The van der Waals surface area contributed by atoms with Gasteiger partial charge in [-0.05, 0) is 31.7 Å². The summed E-state index contributed by atoms with van der Waals surface area (Å²) >= 11 is 0. The average Bonchev–Trinajstić information content (AvgIpc) is 2.87. The number of sulfone groups is 1. The van der Waals surface area contributed by atoms with E-state index in [1.54, 1.807) is 6.33 Å². The number of amides is 1. The number of nitrogens with zero attached hydrogens (tertiary/aromatic N) is 3. The molecule has 6 nitrogen and oxygen atoms in total. The lowest BCUT2D eigenvalue weighted by molar-refractivity contribution is -0.135. The average molecular weight is 323 g/mol. The predicted octanol–water partition coefficient (Wildman–Crippen LogP) is 0.926. The number of hydrogen-bond donors (Lipinski definition) is 0. The molecule has 1 amide bonds. The molecule has 0 aliphatic carbocycles. The summed E-state index contributed by atoms with van der Waals surface area (Å²) in [5.41, 5.74) is 2.17. The molecule has 0 bridgehead atoms. The van der Waals surface area contributed by atoms with Crippen LogP contribution < -0.4 is 0 Å². The lowest BCUT2D eigenvalue weighted by Gasteiger charge is -2.33. The van der Waals surface area contributed by atoms with E-state index in [0.29, 0.717) is 25.4 Å². The minimum Gasteiger partial charge on any atom is -0.342 e. The van der Waals surface area contributed by atoms with E-state index in [4.69, 9.17) is 0 Å². The molecule has 0 N–H and O–H groups in total. The van der Waals surface area contributed by atoms with Crippen molar-refractivity contribution in [2.75, 3.05) is 24.6 Å². The SMILES string of the molecule is Cc1cncnc1C1CCN(C(=O)C2CCS(=O)(=O)C2)CC1. The fourth-order valence-corrected chi connectivity index (χ4v) is 5.19. The molecule has 2 aliphatic heterocycles. The number of piperidine rings is 1. The number of likely N-dealkylation sites (tertiary alicyclic amines) is 1. The fraction of sp³-hybridized carbons (Fsp3) is 0.667. The number of carbonyl (C=O) groups is 1. The van der Waals surface area contributed by atoms with Crippen LogP contribution in [0.2, 0.25) is 0 Å². The molecular weight excluding hydrogens is 302 g/mol. The van der Waals surface area contributed by atoms with Gasteiger partial charge in [0.25, 0.3) is 0 Å². The lowest BCUT2D eigenvalue weighted by atomic mass is 9.90. The van der Waals surface area contributed by atoms with Crippen LogP contribution in [0.25, 0.3) is 0 Å². The van der Waals surface area contributed by atoms with Crippen LogP contribution in [0.3, 0.4) is 0 Å². The van der Waals surface area contributed by atoms with Crippen molar-refractivity contribution < 1.29 is 13.2 Å². The van der Waals surface area contributed by atoms with E-state index in [-0.39, 0.29) is 23.3 Å². The first-order valence-corrected chi connectivity index (χ1v) is 9.54. The zero-order valence-corrected chi connectivity index (χ0v) is 13.6. The van der Waals surface area contributed by atoms with Crippen molar-refractivity contribution in [2.24, 2.45) is 5.92 Å². The van der Waals surface area contributed by atoms with Crippen LogP contribution in [0.4, 0.5) is 0 Å². The first-order valence-electron chi connectivity index (χ1n) is 7.72. The number of aromatic nitrogens is 2. The van der Waals surface area contributed by atoms with Gasteiger partial charge in [0.15, 0.2) is 9.84 Å². The van der Waals surface area contributed by atoms with E-state index < -0.39 is 9.84 Å². The molecule has 0 saturated carbocycles. The molecule has 0 aromatic carbocycles. The van der Waals surface area contributed by atoms with Gasteiger partial charge in [-0.2, -0.15) is 0 Å². The molecule has 0 spiro atoms. The van der Waals surface area contributed by atoms with Crippen molar-refractivity contribution in [3.63, 3.8) is 0 Å². The Morgan fingerprint density at radius 2 is 2.00 bits per heavy atom. The Morgan fingerprint density at radius 3 is 2.59 bits per heavy atom. The molecule has 2 saturated heterocycles. The molecule has 120 valence electrons. The summed E-state index contributed by atoms with van der Waals surface area (Å²) in [6, 6.07) is 0. The predicted molar refractivity (Wildman–Crippen MR) is 82.1 cm³/mol. The van der Waals surface area contributed by atoms with Crippen molar-refractivity contribution in [3.05, 3.63) is 23.8 Å². The van der Waals surface area contributed by atoms with E-state index in [1.165, 1.54) is 0 Å². The first-order chi connectivity index (χ1) is 10.5. The third kappa shape index (κ3) is 3.14. The maximum Gasteiger partial charge on any atom is 0.226 e. The van der Waals surface area contributed by atoms with E-state index in [9.17, 15) is 13.2 Å². The maximum absolute atomic E-state index is 12.4. The second kappa shape index (κ2) is 5.95. The van der Waals surface area contributed by atoms with E-state index in [0.717, 1.165) is 24.1 Å². The van der Waals surface area contributed by atoms with Crippen LogP contribution in [0, 0.1) is 12.8 Å². The van der Waals surface area contributed by atoms with Crippen molar-refractivity contribution in [1.82, 2.24) is 14.9 Å². The molecule has 1 atom stereocenters. The monoisotopic (exact) mass is 323 g/mol.